The summed E-state index contributed by atoms with van der Waals surface area (Å²) in [7, 11) is 0. The lowest BCUT2D eigenvalue weighted by molar-refractivity contribution is 0.433. The number of H-pyrrole nitrogens is 1. The molecule has 5 heteroatoms. The van der Waals surface area contributed by atoms with Crippen LogP contribution in [0.1, 0.15) is 29.3 Å². The van der Waals surface area contributed by atoms with Gasteiger partial charge in [0.2, 0.25) is 0 Å². The molecule has 2 aromatic rings. The first-order valence-corrected chi connectivity index (χ1v) is 6.57. The van der Waals surface area contributed by atoms with Crippen LogP contribution in [0.5, 0.6) is 0 Å². The summed E-state index contributed by atoms with van der Waals surface area (Å²) in [6.45, 7) is 0. The molecule has 0 bridgehead atoms. The number of imidazole rings is 1. The highest BCUT2D eigenvalue weighted by atomic mass is 32.1. The van der Waals surface area contributed by atoms with Crippen molar-refractivity contribution in [3.63, 3.8) is 0 Å². The smallest absolute Gasteiger partial charge is 0.178 e. The lowest BCUT2D eigenvalue weighted by atomic mass is 9.88. The molecule has 1 aromatic heterocycles. The van der Waals surface area contributed by atoms with Gasteiger partial charge in [0.1, 0.15) is 17.6 Å². The lowest BCUT2D eigenvalue weighted by Gasteiger charge is -2.26. The van der Waals surface area contributed by atoms with E-state index in [1.807, 2.05) is 10.6 Å². The molecule has 1 heterocycles. The number of nitriles is 1. The Kier molecular flexibility index (Phi) is 2.96. The van der Waals surface area contributed by atoms with Crippen LogP contribution in [0.3, 0.4) is 0 Å². The van der Waals surface area contributed by atoms with Crippen LogP contribution in [0.2, 0.25) is 0 Å². The second kappa shape index (κ2) is 4.63. The number of aromatic nitrogens is 2. The van der Waals surface area contributed by atoms with Crippen molar-refractivity contribution in [2.45, 2.75) is 25.3 Å². The summed E-state index contributed by atoms with van der Waals surface area (Å²) in [5.41, 5.74) is 2.75. The van der Waals surface area contributed by atoms with Crippen molar-refractivity contribution >= 4 is 12.2 Å². The van der Waals surface area contributed by atoms with Crippen LogP contribution in [0.4, 0.5) is 4.39 Å². The van der Waals surface area contributed by atoms with Crippen molar-refractivity contribution in [1.29, 1.82) is 5.26 Å². The fourth-order valence-corrected chi connectivity index (χ4v) is 3.06. The zero-order valence-electron chi connectivity index (χ0n) is 10.2. The molecule has 1 aliphatic carbocycles. The highest BCUT2D eigenvalue weighted by Gasteiger charge is 2.22. The summed E-state index contributed by atoms with van der Waals surface area (Å²) in [6, 6.07) is 7.21. The third kappa shape index (κ3) is 2.08. The Morgan fingerprint density at radius 2 is 2.26 bits per heavy atom. The summed E-state index contributed by atoms with van der Waals surface area (Å²) in [4.78, 5) is 2.90. The van der Waals surface area contributed by atoms with E-state index in [0.29, 0.717) is 16.9 Å². The van der Waals surface area contributed by atoms with E-state index in [2.05, 4.69) is 11.1 Å². The SMILES string of the molecule is N#Cc1c[nH]c(=S)n1C1CCc2ccc(F)cc2C1. The average Bonchev–Trinajstić information content (AvgIpc) is 2.79. The van der Waals surface area contributed by atoms with Crippen LogP contribution in [-0.4, -0.2) is 9.55 Å². The number of rotatable bonds is 1. The number of benzene rings is 1. The number of halogens is 1. The number of hydrogen-bond acceptors (Lipinski definition) is 2. The molecule has 0 saturated carbocycles. The van der Waals surface area contributed by atoms with E-state index in [9.17, 15) is 4.39 Å². The first-order valence-electron chi connectivity index (χ1n) is 6.16. The maximum atomic E-state index is 13.3. The molecule has 19 heavy (non-hydrogen) atoms. The zero-order chi connectivity index (χ0) is 13.4. The quantitative estimate of drug-likeness (QED) is 0.810. The van der Waals surface area contributed by atoms with Crippen LogP contribution in [0.15, 0.2) is 24.4 Å². The van der Waals surface area contributed by atoms with Gasteiger partial charge >= 0.3 is 0 Å². The molecule has 1 N–H and O–H groups in total. The van der Waals surface area contributed by atoms with Crippen molar-refractivity contribution in [1.82, 2.24) is 9.55 Å². The predicted molar refractivity (Wildman–Crippen MR) is 71.8 cm³/mol. The first kappa shape index (κ1) is 12.1. The molecule has 1 unspecified atom stereocenters. The number of aryl methyl sites for hydroxylation is 1. The molecule has 1 aromatic carbocycles. The van der Waals surface area contributed by atoms with Crippen molar-refractivity contribution < 1.29 is 4.39 Å². The number of aromatic amines is 1. The van der Waals surface area contributed by atoms with E-state index in [0.717, 1.165) is 18.4 Å². The third-order valence-electron chi connectivity index (χ3n) is 3.66. The number of fused-ring (bicyclic) bond motifs is 1. The normalized spacial score (nSPS) is 17.8. The largest absolute Gasteiger partial charge is 0.336 e. The minimum atomic E-state index is -0.211. The van der Waals surface area contributed by atoms with Gasteiger partial charge in [0.25, 0.3) is 0 Å². The first-order chi connectivity index (χ1) is 9.19. The fraction of sp³-hybridized carbons (Fsp3) is 0.286. The van der Waals surface area contributed by atoms with E-state index in [4.69, 9.17) is 17.5 Å². The van der Waals surface area contributed by atoms with Crippen LogP contribution in [0.25, 0.3) is 0 Å². The standard InChI is InChI=1S/C14H12FN3S/c15-11-3-1-9-2-4-12(6-10(9)5-11)18-13(7-16)8-17-14(18)19/h1,3,5,8,12H,2,4,6H2,(H,17,19). The summed E-state index contributed by atoms with van der Waals surface area (Å²) in [5, 5.41) is 9.10. The molecular formula is C14H12FN3S. The summed E-state index contributed by atoms with van der Waals surface area (Å²) >= 11 is 5.23. The van der Waals surface area contributed by atoms with Crippen molar-refractivity contribution in [2.24, 2.45) is 0 Å². The molecular weight excluding hydrogens is 261 g/mol. The van der Waals surface area contributed by atoms with E-state index < -0.39 is 0 Å². The Hall–Kier alpha value is -1.93. The van der Waals surface area contributed by atoms with Crippen LogP contribution in [-0.2, 0) is 12.8 Å². The summed E-state index contributed by atoms with van der Waals surface area (Å²) < 4.78 is 15.7. The Balaban J connectivity index is 2.00. The van der Waals surface area contributed by atoms with Gasteiger partial charge in [-0.1, -0.05) is 6.07 Å². The van der Waals surface area contributed by atoms with Crippen molar-refractivity contribution in [2.75, 3.05) is 0 Å². The molecule has 3 nitrogen and oxygen atoms in total. The Morgan fingerprint density at radius 1 is 1.42 bits per heavy atom. The monoisotopic (exact) mass is 273 g/mol. The van der Waals surface area contributed by atoms with Gasteiger partial charge in [-0.2, -0.15) is 5.26 Å². The molecule has 0 radical (unpaired) electrons. The molecule has 96 valence electrons. The van der Waals surface area contributed by atoms with E-state index in [-0.39, 0.29) is 11.9 Å². The van der Waals surface area contributed by atoms with Gasteiger partial charge in [0.05, 0.1) is 0 Å². The molecule has 1 atom stereocenters. The van der Waals surface area contributed by atoms with Gasteiger partial charge in [0, 0.05) is 12.2 Å². The molecule has 0 aliphatic heterocycles. The Labute approximate surface area is 115 Å². The van der Waals surface area contributed by atoms with Gasteiger partial charge < -0.3 is 9.55 Å². The van der Waals surface area contributed by atoms with Crippen molar-refractivity contribution in [3.05, 3.63) is 51.8 Å². The molecule has 0 fully saturated rings. The fourth-order valence-electron chi connectivity index (χ4n) is 2.75. The zero-order valence-corrected chi connectivity index (χ0v) is 11.0. The van der Waals surface area contributed by atoms with Gasteiger partial charge in [-0.05, 0) is 54.7 Å². The molecule has 3 rings (SSSR count). The summed E-state index contributed by atoms with van der Waals surface area (Å²) in [6.07, 6.45) is 4.15. The maximum absolute atomic E-state index is 13.3. The van der Waals surface area contributed by atoms with E-state index >= 15 is 0 Å². The average molecular weight is 273 g/mol. The second-order valence-electron chi connectivity index (χ2n) is 4.77. The van der Waals surface area contributed by atoms with E-state index in [1.54, 1.807) is 12.3 Å². The molecule has 0 spiro atoms. The minimum absolute atomic E-state index is 0.127. The Morgan fingerprint density at radius 3 is 3.05 bits per heavy atom. The highest BCUT2D eigenvalue weighted by Crippen LogP contribution is 2.30. The number of nitrogens with one attached hydrogen (secondary N) is 1. The lowest BCUT2D eigenvalue weighted by Crippen LogP contribution is -2.20. The number of nitrogens with zero attached hydrogens (tertiary/aromatic N) is 2. The van der Waals surface area contributed by atoms with Gasteiger partial charge in [0.15, 0.2) is 4.77 Å². The van der Waals surface area contributed by atoms with Crippen molar-refractivity contribution in [3.8, 4) is 6.07 Å². The molecule has 0 amide bonds. The maximum Gasteiger partial charge on any atom is 0.178 e. The highest BCUT2D eigenvalue weighted by molar-refractivity contribution is 7.71. The number of hydrogen-bond donors (Lipinski definition) is 1. The van der Waals surface area contributed by atoms with Gasteiger partial charge in [-0.3, -0.25) is 0 Å². The second-order valence-corrected chi connectivity index (χ2v) is 5.16. The van der Waals surface area contributed by atoms with Crippen LogP contribution < -0.4 is 0 Å². The van der Waals surface area contributed by atoms with Crippen LogP contribution >= 0.6 is 12.2 Å². The molecule has 1 aliphatic rings. The predicted octanol–water partition coefficient (Wildman–Crippen LogP) is 3.29. The van der Waals surface area contributed by atoms with E-state index in [1.165, 1.54) is 11.6 Å². The molecule has 0 saturated heterocycles. The van der Waals surface area contributed by atoms with Crippen LogP contribution in [0, 0.1) is 21.9 Å². The topological polar surface area (TPSA) is 44.5 Å². The third-order valence-corrected chi connectivity index (χ3v) is 3.98. The minimum Gasteiger partial charge on any atom is -0.336 e. The summed E-state index contributed by atoms with van der Waals surface area (Å²) in [5.74, 6) is -0.211. The van der Waals surface area contributed by atoms with Gasteiger partial charge in [-0.15, -0.1) is 0 Å². The Bertz CT molecular complexity index is 723. The van der Waals surface area contributed by atoms with Gasteiger partial charge in [-0.25, -0.2) is 4.39 Å².